The first-order chi connectivity index (χ1) is 9.72. The summed E-state index contributed by atoms with van der Waals surface area (Å²) in [6.45, 7) is 0. The van der Waals surface area contributed by atoms with Crippen molar-refractivity contribution in [1.29, 1.82) is 0 Å². The molecular formula is C15H20BrN3O. The Labute approximate surface area is 126 Å². The van der Waals surface area contributed by atoms with Gasteiger partial charge >= 0.3 is 5.69 Å². The van der Waals surface area contributed by atoms with Crippen LogP contribution in [0.15, 0.2) is 21.4 Å². The van der Waals surface area contributed by atoms with Gasteiger partial charge in [0.05, 0.1) is 16.7 Å². The van der Waals surface area contributed by atoms with Crippen LogP contribution in [0.2, 0.25) is 0 Å². The number of hydrogen-bond donors (Lipinski definition) is 3. The smallest absolute Gasteiger partial charge is 0.323 e. The maximum absolute atomic E-state index is 11.3. The van der Waals surface area contributed by atoms with Crippen LogP contribution in [-0.4, -0.2) is 16.0 Å². The van der Waals surface area contributed by atoms with E-state index < -0.39 is 0 Å². The fourth-order valence-electron chi connectivity index (χ4n) is 2.99. The minimum atomic E-state index is -0.157. The molecule has 1 saturated carbocycles. The zero-order valence-electron chi connectivity index (χ0n) is 11.5. The zero-order valence-corrected chi connectivity index (χ0v) is 13.1. The van der Waals surface area contributed by atoms with Gasteiger partial charge in [0.25, 0.3) is 0 Å². The van der Waals surface area contributed by atoms with E-state index in [0.29, 0.717) is 6.04 Å². The van der Waals surface area contributed by atoms with Gasteiger partial charge in [-0.25, -0.2) is 4.79 Å². The van der Waals surface area contributed by atoms with Crippen molar-refractivity contribution in [2.75, 3.05) is 5.32 Å². The lowest BCUT2D eigenvalue weighted by Crippen LogP contribution is -2.20. The Morgan fingerprint density at radius 1 is 1.00 bits per heavy atom. The molecule has 4 nitrogen and oxygen atoms in total. The summed E-state index contributed by atoms with van der Waals surface area (Å²) < 4.78 is 1.00. The molecule has 0 atom stereocenters. The van der Waals surface area contributed by atoms with Gasteiger partial charge in [-0.05, 0) is 40.9 Å². The van der Waals surface area contributed by atoms with Crippen LogP contribution in [-0.2, 0) is 0 Å². The van der Waals surface area contributed by atoms with Crippen LogP contribution in [0.3, 0.4) is 0 Å². The maximum atomic E-state index is 11.3. The van der Waals surface area contributed by atoms with Crippen LogP contribution in [0.4, 0.5) is 5.69 Å². The molecule has 3 rings (SSSR count). The molecule has 5 heteroatoms. The number of fused-ring (bicyclic) bond motifs is 1. The molecule has 0 bridgehead atoms. The Hall–Kier alpha value is -1.23. The van der Waals surface area contributed by atoms with E-state index >= 15 is 0 Å². The van der Waals surface area contributed by atoms with E-state index in [9.17, 15) is 4.79 Å². The topological polar surface area (TPSA) is 60.7 Å². The third kappa shape index (κ3) is 3.08. The monoisotopic (exact) mass is 337 g/mol. The molecule has 20 heavy (non-hydrogen) atoms. The molecule has 0 saturated heterocycles. The average Bonchev–Trinajstić information content (AvgIpc) is 2.72. The van der Waals surface area contributed by atoms with Crippen molar-refractivity contribution in [3.63, 3.8) is 0 Å². The molecule has 0 unspecified atom stereocenters. The maximum Gasteiger partial charge on any atom is 0.323 e. The van der Waals surface area contributed by atoms with Crippen molar-refractivity contribution < 1.29 is 0 Å². The standard InChI is InChI=1S/C15H20BrN3O/c16-11-8-13-14(19-15(20)18-13)9-12(11)17-10-6-4-2-1-3-5-7-10/h8-10,17H,1-7H2,(H2,18,19,20). The highest BCUT2D eigenvalue weighted by molar-refractivity contribution is 9.10. The minimum Gasteiger partial charge on any atom is -0.381 e. The van der Waals surface area contributed by atoms with Crippen LogP contribution in [0.5, 0.6) is 0 Å². The Balaban J connectivity index is 1.81. The first-order valence-electron chi connectivity index (χ1n) is 7.40. The lowest BCUT2D eigenvalue weighted by atomic mass is 9.96. The molecule has 0 amide bonds. The predicted molar refractivity (Wildman–Crippen MR) is 86.3 cm³/mol. The number of aromatic amines is 2. The Morgan fingerprint density at radius 3 is 2.30 bits per heavy atom. The van der Waals surface area contributed by atoms with Crippen molar-refractivity contribution >= 4 is 32.7 Å². The summed E-state index contributed by atoms with van der Waals surface area (Å²) in [5.74, 6) is 0. The summed E-state index contributed by atoms with van der Waals surface area (Å²) in [4.78, 5) is 16.9. The highest BCUT2D eigenvalue weighted by Gasteiger charge is 2.13. The van der Waals surface area contributed by atoms with E-state index in [-0.39, 0.29) is 5.69 Å². The largest absolute Gasteiger partial charge is 0.381 e. The van der Waals surface area contributed by atoms with E-state index in [4.69, 9.17) is 0 Å². The molecular weight excluding hydrogens is 318 g/mol. The van der Waals surface area contributed by atoms with Gasteiger partial charge in [-0.15, -0.1) is 0 Å². The number of H-pyrrole nitrogens is 2. The summed E-state index contributed by atoms with van der Waals surface area (Å²) in [6, 6.07) is 4.50. The van der Waals surface area contributed by atoms with Gasteiger partial charge in [0.1, 0.15) is 0 Å². The zero-order chi connectivity index (χ0) is 13.9. The van der Waals surface area contributed by atoms with Gasteiger partial charge in [-0.3, -0.25) is 0 Å². The first kappa shape index (κ1) is 13.7. The van der Waals surface area contributed by atoms with Gasteiger partial charge in [0.2, 0.25) is 0 Å². The van der Waals surface area contributed by atoms with Crippen molar-refractivity contribution in [1.82, 2.24) is 9.97 Å². The van der Waals surface area contributed by atoms with Crippen LogP contribution in [0.25, 0.3) is 11.0 Å². The predicted octanol–water partition coefficient (Wildman–Crippen LogP) is 4.14. The third-order valence-electron chi connectivity index (χ3n) is 4.07. The lowest BCUT2D eigenvalue weighted by molar-refractivity contribution is 0.471. The second kappa shape index (κ2) is 6.04. The number of halogens is 1. The van der Waals surface area contributed by atoms with Crippen LogP contribution >= 0.6 is 15.9 Å². The van der Waals surface area contributed by atoms with Gasteiger partial charge < -0.3 is 15.3 Å². The summed E-state index contributed by atoms with van der Waals surface area (Å²) in [5.41, 5.74) is 2.60. The van der Waals surface area contributed by atoms with Crippen LogP contribution < -0.4 is 11.0 Å². The molecule has 1 heterocycles. The highest BCUT2D eigenvalue weighted by atomic mass is 79.9. The lowest BCUT2D eigenvalue weighted by Gasteiger charge is -2.22. The van der Waals surface area contributed by atoms with E-state index in [1.54, 1.807) is 0 Å². The summed E-state index contributed by atoms with van der Waals surface area (Å²) in [7, 11) is 0. The van der Waals surface area contributed by atoms with Crippen molar-refractivity contribution in [2.45, 2.75) is 51.0 Å². The van der Waals surface area contributed by atoms with Gasteiger partial charge in [0.15, 0.2) is 0 Å². The molecule has 1 aromatic carbocycles. The third-order valence-corrected chi connectivity index (χ3v) is 4.72. The summed E-state index contributed by atoms with van der Waals surface area (Å²) in [6.07, 6.45) is 9.15. The van der Waals surface area contributed by atoms with E-state index in [0.717, 1.165) is 21.2 Å². The first-order valence-corrected chi connectivity index (χ1v) is 8.20. The van der Waals surface area contributed by atoms with Crippen molar-refractivity contribution in [2.24, 2.45) is 0 Å². The molecule has 1 aromatic heterocycles. The molecule has 2 aromatic rings. The SMILES string of the molecule is O=c1[nH]c2cc(Br)c(NC3CCCCCCC3)cc2[nH]1. The van der Waals surface area contributed by atoms with Gasteiger partial charge in [-0.1, -0.05) is 32.1 Å². The van der Waals surface area contributed by atoms with Gasteiger partial charge in [0, 0.05) is 10.5 Å². The van der Waals surface area contributed by atoms with Crippen LogP contribution in [0.1, 0.15) is 44.9 Å². The molecule has 0 radical (unpaired) electrons. The summed E-state index contributed by atoms with van der Waals surface area (Å²) >= 11 is 3.59. The fraction of sp³-hybridized carbons (Fsp3) is 0.533. The number of rotatable bonds is 2. The minimum absolute atomic E-state index is 0.157. The average molecular weight is 338 g/mol. The molecule has 108 valence electrons. The Kier molecular flexibility index (Phi) is 4.15. The van der Waals surface area contributed by atoms with E-state index in [1.807, 2.05) is 12.1 Å². The molecule has 1 fully saturated rings. The van der Waals surface area contributed by atoms with Crippen LogP contribution in [0, 0.1) is 0 Å². The molecule has 0 spiro atoms. The Bertz CT molecular complexity index is 638. The quantitative estimate of drug-likeness (QED) is 0.771. The second-order valence-electron chi connectivity index (χ2n) is 5.64. The normalized spacial score (nSPS) is 17.9. The Morgan fingerprint density at radius 2 is 1.60 bits per heavy atom. The number of hydrogen-bond acceptors (Lipinski definition) is 2. The number of benzene rings is 1. The number of imidazole rings is 1. The molecule has 1 aliphatic carbocycles. The summed E-state index contributed by atoms with van der Waals surface area (Å²) in [5, 5.41) is 3.64. The number of aromatic nitrogens is 2. The van der Waals surface area contributed by atoms with E-state index in [2.05, 4.69) is 31.2 Å². The number of nitrogens with one attached hydrogen (secondary N) is 3. The van der Waals surface area contributed by atoms with Crippen molar-refractivity contribution in [3.05, 3.63) is 27.1 Å². The van der Waals surface area contributed by atoms with Gasteiger partial charge in [-0.2, -0.15) is 0 Å². The molecule has 3 N–H and O–H groups in total. The van der Waals surface area contributed by atoms with E-state index in [1.165, 1.54) is 44.9 Å². The number of anilines is 1. The van der Waals surface area contributed by atoms with Crippen molar-refractivity contribution in [3.8, 4) is 0 Å². The molecule has 0 aliphatic heterocycles. The molecule has 1 aliphatic rings. The fourth-order valence-corrected chi connectivity index (χ4v) is 3.44. The second-order valence-corrected chi connectivity index (χ2v) is 6.50. The highest BCUT2D eigenvalue weighted by Crippen LogP contribution is 2.29.